The van der Waals surface area contributed by atoms with E-state index in [1.54, 1.807) is 0 Å². The van der Waals surface area contributed by atoms with Gasteiger partial charge in [0.15, 0.2) is 0 Å². The molecule has 2 heterocycles. The molecule has 104 valence electrons. The number of hydrogen-bond acceptors (Lipinski definition) is 3. The molecule has 2 aliphatic heterocycles. The molecule has 0 radical (unpaired) electrons. The van der Waals surface area contributed by atoms with Crippen molar-refractivity contribution in [3.05, 3.63) is 0 Å². The van der Waals surface area contributed by atoms with Gasteiger partial charge in [-0.05, 0) is 46.6 Å². The van der Waals surface area contributed by atoms with E-state index < -0.39 is 0 Å². The van der Waals surface area contributed by atoms with Crippen molar-refractivity contribution in [2.45, 2.75) is 57.7 Å². The molecule has 4 heteroatoms. The quantitative estimate of drug-likeness (QED) is 0.817. The molecule has 4 nitrogen and oxygen atoms in total. The fourth-order valence-electron chi connectivity index (χ4n) is 3.13. The minimum atomic E-state index is -0.0354. The van der Waals surface area contributed by atoms with Crippen molar-refractivity contribution in [1.82, 2.24) is 15.1 Å². The van der Waals surface area contributed by atoms with Crippen molar-refractivity contribution in [3.63, 3.8) is 0 Å². The lowest BCUT2D eigenvalue weighted by Gasteiger charge is -2.30. The Labute approximate surface area is 111 Å². The van der Waals surface area contributed by atoms with Crippen LogP contribution in [-0.4, -0.2) is 60.5 Å². The van der Waals surface area contributed by atoms with Crippen LogP contribution in [0.5, 0.6) is 0 Å². The molecule has 0 aromatic carbocycles. The Morgan fingerprint density at radius 1 is 1.28 bits per heavy atom. The smallest absolute Gasteiger partial charge is 0.239 e. The normalized spacial score (nSPS) is 31.6. The highest BCUT2D eigenvalue weighted by Crippen LogP contribution is 2.16. The maximum atomic E-state index is 12.3. The first-order chi connectivity index (χ1) is 8.58. The van der Waals surface area contributed by atoms with Gasteiger partial charge in [0.1, 0.15) is 0 Å². The van der Waals surface area contributed by atoms with E-state index in [1.165, 1.54) is 19.3 Å². The number of likely N-dealkylation sites (N-methyl/N-ethyl adjacent to an activating group) is 1. The number of amides is 1. The fourth-order valence-corrected chi connectivity index (χ4v) is 3.13. The second-order valence-electron chi connectivity index (χ2n) is 6.00. The molecule has 2 aliphatic rings. The lowest BCUT2D eigenvalue weighted by Crippen LogP contribution is -2.50. The van der Waals surface area contributed by atoms with Crippen LogP contribution in [-0.2, 0) is 4.79 Å². The number of rotatable bonds is 3. The second kappa shape index (κ2) is 6.02. The van der Waals surface area contributed by atoms with E-state index >= 15 is 0 Å². The minimum Gasteiger partial charge on any atom is -0.341 e. The van der Waals surface area contributed by atoms with Crippen molar-refractivity contribution in [2.75, 3.05) is 26.7 Å². The maximum Gasteiger partial charge on any atom is 0.239 e. The lowest BCUT2D eigenvalue weighted by molar-refractivity contribution is -0.134. The minimum absolute atomic E-state index is 0.0354. The molecule has 0 aromatic heterocycles. The van der Waals surface area contributed by atoms with Gasteiger partial charge in [0.05, 0.1) is 6.04 Å². The largest absolute Gasteiger partial charge is 0.341 e. The van der Waals surface area contributed by atoms with Crippen LogP contribution in [0.2, 0.25) is 0 Å². The van der Waals surface area contributed by atoms with Crippen molar-refractivity contribution in [3.8, 4) is 0 Å². The molecule has 1 N–H and O–H groups in total. The van der Waals surface area contributed by atoms with Gasteiger partial charge in [-0.1, -0.05) is 0 Å². The van der Waals surface area contributed by atoms with E-state index in [-0.39, 0.29) is 11.9 Å². The number of nitrogens with one attached hydrogen (secondary N) is 1. The molecule has 0 saturated carbocycles. The van der Waals surface area contributed by atoms with E-state index in [2.05, 4.69) is 24.2 Å². The average molecular weight is 253 g/mol. The number of carbonyl (C=O) groups excluding carboxylic acids is 1. The number of likely N-dealkylation sites (tertiary alicyclic amines) is 2. The fraction of sp³-hybridized carbons (Fsp3) is 0.929. The summed E-state index contributed by atoms with van der Waals surface area (Å²) in [6.07, 6.45) is 4.76. The van der Waals surface area contributed by atoms with Gasteiger partial charge in [-0.2, -0.15) is 0 Å². The van der Waals surface area contributed by atoms with Crippen LogP contribution >= 0.6 is 0 Å². The van der Waals surface area contributed by atoms with E-state index in [4.69, 9.17) is 0 Å². The summed E-state index contributed by atoms with van der Waals surface area (Å²) in [6, 6.07) is 1.06. The molecule has 2 saturated heterocycles. The monoisotopic (exact) mass is 253 g/mol. The highest BCUT2D eigenvalue weighted by Gasteiger charge is 2.29. The summed E-state index contributed by atoms with van der Waals surface area (Å²) in [4.78, 5) is 16.7. The molecule has 18 heavy (non-hydrogen) atoms. The van der Waals surface area contributed by atoms with E-state index in [9.17, 15) is 4.79 Å². The zero-order chi connectivity index (χ0) is 13.1. The van der Waals surface area contributed by atoms with E-state index in [1.807, 2.05) is 11.8 Å². The van der Waals surface area contributed by atoms with Gasteiger partial charge in [-0.15, -0.1) is 0 Å². The zero-order valence-corrected chi connectivity index (χ0v) is 12.0. The predicted octanol–water partition coefficient (Wildman–Crippen LogP) is 1.07. The Kier molecular flexibility index (Phi) is 4.62. The molecule has 2 fully saturated rings. The van der Waals surface area contributed by atoms with Crippen LogP contribution in [0, 0.1) is 0 Å². The number of nitrogens with zero attached hydrogens (tertiary/aromatic N) is 2. The summed E-state index contributed by atoms with van der Waals surface area (Å²) in [5.74, 6) is 0.289. The van der Waals surface area contributed by atoms with Crippen molar-refractivity contribution >= 4 is 5.91 Å². The first-order valence-corrected chi connectivity index (χ1v) is 7.33. The van der Waals surface area contributed by atoms with Gasteiger partial charge in [0.25, 0.3) is 0 Å². The summed E-state index contributed by atoms with van der Waals surface area (Å²) in [6.45, 7) is 7.22. The van der Waals surface area contributed by atoms with Gasteiger partial charge in [-0.25, -0.2) is 0 Å². The molecule has 0 spiro atoms. The zero-order valence-electron chi connectivity index (χ0n) is 12.0. The van der Waals surface area contributed by atoms with Crippen LogP contribution in [0.3, 0.4) is 0 Å². The Balaban J connectivity index is 1.80. The maximum absolute atomic E-state index is 12.3. The molecule has 3 atom stereocenters. The Bertz CT molecular complexity index is 279. The summed E-state index contributed by atoms with van der Waals surface area (Å²) >= 11 is 0. The molecule has 2 rings (SSSR count). The van der Waals surface area contributed by atoms with Gasteiger partial charge in [0, 0.05) is 31.7 Å². The van der Waals surface area contributed by atoms with Gasteiger partial charge in [-0.3, -0.25) is 4.79 Å². The van der Waals surface area contributed by atoms with Crippen molar-refractivity contribution in [2.24, 2.45) is 0 Å². The number of piperidine rings is 1. The van der Waals surface area contributed by atoms with Crippen LogP contribution in [0.25, 0.3) is 0 Å². The standard InChI is InChI=1S/C14H27N3O/c1-11-9-13(10-16(11)3)15-12(2)14(18)17-7-5-4-6-8-17/h11-13,15H,4-10H2,1-3H3. The van der Waals surface area contributed by atoms with E-state index in [0.29, 0.717) is 12.1 Å². The average Bonchev–Trinajstić information content (AvgIpc) is 2.68. The summed E-state index contributed by atoms with van der Waals surface area (Å²) in [5, 5.41) is 3.50. The molecule has 0 aromatic rings. The van der Waals surface area contributed by atoms with Crippen molar-refractivity contribution in [1.29, 1.82) is 0 Å². The molecular formula is C14H27N3O. The lowest BCUT2D eigenvalue weighted by atomic mass is 10.1. The van der Waals surface area contributed by atoms with Crippen molar-refractivity contribution < 1.29 is 4.79 Å². The SMILES string of the molecule is CC(NC1CC(C)N(C)C1)C(=O)N1CCCCC1. The Morgan fingerprint density at radius 2 is 1.94 bits per heavy atom. The summed E-state index contributed by atoms with van der Waals surface area (Å²) in [7, 11) is 2.16. The third kappa shape index (κ3) is 3.23. The Hall–Kier alpha value is -0.610. The number of hydrogen-bond donors (Lipinski definition) is 1. The highest BCUT2D eigenvalue weighted by atomic mass is 16.2. The predicted molar refractivity (Wildman–Crippen MR) is 73.5 cm³/mol. The molecule has 0 bridgehead atoms. The number of carbonyl (C=O) groups is 1. The van der Waals surface area contributed by atoms with E-state index in [0.717, 1.165) is 26.1 Å². The first-order valence-electron chi connectivity index (χ1n) is 7.33. The molecule has 3 unspecified atom stereocenters. The van der Waals surface area contributed by atoms with Crippen LogP contribution in [0.4, 0.5) is 0 Å². The van der Waals surface area contributed by atoms with Gasteiger partial charge >= 0.3 is 0 Å². The van der Waals surface area contributed by atoms with Crippen LogP contribution in [0.1, 0.15) is 39.5 Å². The molecular weight excluding hydrogens is 226 g/mol. The highest BCUT2D eigenvalue weighted by molar-refractivity contribution is 5.81. The molecule has 0 aliphatic carbocycles. The Morgan fingerprint density at radius 3 is 2.50 bits per heavy atom. The summed E-state index contributed by atoms with van der Waals surface area (Å²) < 4.78 is 0. The van der Waals surface area contributed by atoms with Gasteiger partial charge < -0.3 is 15.1 Å². The third-order valence-corrected chi connectivity index (χ3v) is 4.41. The van der Waals surface area contributed by atoms with Gasteiger partial charge in [0.2, 0.25) is 5.91 Å². The topological polar surface area (TPSA) is 35.6 Å². The first kappa shape index (κ1) is 13.8. The summed E-state index contributed by atoms with van der Waals surface area (Å²) in [5.41, 5.74) is 0. The molecule has 1 amide bonds. The van der Waals surface area contributed by atoms with Crippen LogP contribution in [0.15, 0.2) is 0 Å². The third-order valence-electron chi connectivity index (χ3n) is 4.41. The van der Waals surface area contributed by atoms with Crippen LogP contribution < -0.4 is 5.32 Å². The second-order valence-corrected chi connectivity index (χ2v) is 6.00.